The second-order valence-corrected chi connectivity index (χ2v) is 3.46. The third-order valence-corrected chi connectivity index (χ3v) is 2.35. The first-order valence-corrected chi connectivity index (χ1v) is 4.77. The van der Waals surface area contributed by atoms with Crippen molar-refractivity contribution in [2.45, 2.75) is 19.4 Å². The van der Waals surface area contributed by atoms with Crippen molar-refractivity contribution in [3.05, 3.63) is 29.8 Å². The molecule has 1 heterocycles. The minimum absolute atomic E-state index is 0. The Labute approximate surface area is 95.2 Å². The third kappa shape index (κ3) is 2.94. The second-order valence-electron chi connectivity index (χ2n) is 3.46. The van der Waals surface area contributed by atoms with Crippen molar-refractivity contribution in [1.82, 2.24) is 5.32 Å². The van der Waals surface area contributed by atoms with Gasteiger partial charge in [0.05, 0.1) is 0 Å². The lowest BCUT2D eigenvalue weighted by Crippen LogP contribution is -2.34. The zero-order valence-electron chi connectivity index (χ0n) is 8.53. The quantitative estimate of drug-likeness (QED) is 0.621. The Kier molecular flexibility index (Phi) is 4.12. The maximum atomic E-state index is 10.7. The highest BCUT2D eigenvalue weighted by Crippen LogP contribution is 2.25. The fourth-order valence-corrected chi connectivity index (χ4v) is 1.53. The van der Waals surface area contributed by atoms with Crippen LogP contribution in [0.15, 0.2) is 24.3 Å². The molecule has 1 aromatic rings. The zero-order chi connectivity index (χ0) is 9.97. The number of carbonyl (C=O) groups excluding carboxylic acids is 1. The van der Waals surface area contributed by atoms with Crippen LogP contribution in [0.5, 0.6) is 5.75 Å². The zero-order valence-corrected chi connectivity index (χ0v) is 9.34. The number of ether oxygens (including phenoxy) is 1. The lowest BCUT2D eigenvalue weighted by atomic mass is 9.98. The van der Waals surface area contributed by atoms with Crippen LogP contribution in [-0.2, 0) is 4.79 Å². The van der Waals surface area contributed by atoms with Crippen LogP contribution in [0.1, 0.15) is 24.9 Å². The van der Waals surface area contributed by atoms with Crippen molar-refractivity contribution in [1.29, 1.82) is 0 Å². The number of benzene rings is 1. The van der Waals surface area contributed by atoms with Gasteiger partial charge in [0.25, 0.3) is 0 Å². The molecule has 1 atom stereocenters. The molecule has 2 rings (SSSR count). The van der Waals surface area contributed by atoms with Crippen LogP contribution in [0, 0.1) is 0 Å². The Balaban J connectivity index is 0.00000112. The van der Waals surface area contributed by atoms with E-state index in [1.807, 2.05) is 18.2 Å². The van der Waals surface area contributed by atoms with Crippen molar-refractivity contribution in [3.63, 3.8) is 0 Å². The highest BCUT2D eigenvalue weighted by molar-refractivity contribution is 5.85. The minimum Gasteiger partial charge on any atom is -0.427 e. The van der Waals surface area contributed by atoms with Gasteiger partial charge in [-0.3, -0.25) is 4.79 Å². The topological polar surface area (TPSA) is 38.3 Å². The van der Waals surface area contributed by atoms with Crippen LogP contribution >= 0.6 is 12.4 Å². The standard InChI is InChI=1S/C11H13NO2.ClH/c1-8(13)14-10-4-2-3-9(7-10)11-5-6-12-11;/h2-4,7,11-12H,5-6H2,1H3;1H/t11-;/m0./s1. The summed E-state index contributed by atoms with van der Waals surface area (Å²) in [7, 11) is 0. The van der Waals surface area contributed by atoms with Gasteiger partial charge in [-0.2, -0.15) is 0 Å². The summed E-state index contributed by atoms with van der Waals surface area (Å²) in [5.74, 6) is 0.354. The Morgan fingerprint density at radius 2 is 2.27 bits per heavy atom. The van der Waals surface area contributed by atoms with Crippen molar-refractivity contribution in [2.24, 2.45) is 0 Å². The lowest BCUT2D eigenvalue weighted by molar-refractivity contribution is -0.131. The van der Waals surface area contributed by atoms with E-state index in [9.17, 15) is 4.79 Å². The third-order valence-electron chi connectivity index (χ3n) is 2.35. The smallest absolute Gasteiger partial charge is 0.308 e. The van der Waals surface area contributed by atoms with E-state index in [0.717, 1.165) is 13.0 Å². The Morgan fingerprint density at radius 3 is 2.80 bits per heavy atom. The number of esters is 1. The molecule has 0 aromatic heterocycles. The maximum Gasteiger partial charge on any atom is 0.308 e. The fraction of sp³-hybridized carbons (Fsp3) is 0.364. The van der Waals surface area contributed by atoms with E-state index >= 15 is 0 Å². The van der Waals surface area contributed by atoms with Gasteiger partial charge in [-0.15, -0.1) is 12.4 Å². The number of nitrogens with one attached hydrogen (secondary N) is 1. The van der Waals surface area contributed by atoms with E-state index in [-0.39, 0.29) is 18.4 Å². The molecule has 0 unspecified atom stereocenters. The first-order valence-electron chi connectivity index (χ1n) is 4.77. The molecule has 0 radical (unpaired) electrons. The van der Waals surface area contributed by atoms with Gasteiger partial charge in [-0.1, -0.05) is 12.1 Å². The van der Waals surface area contributed by atoms with Gasteiger partial charge < -0.3 is 10.1 Å². The highest BCUT2D eigenvalue weighted by atomic mass is 35.5. The summed E-state index contributed by atoms with van der Waals surface area (Å²) in [6.45, 7) is 2.48. The molecule has 1 N–H and O–H groups in total. The average molecular weight is 228 g/mol. The fourth-order valence-electron chi connectivity index (χ4n) is 1.53. The number of halogens is 1. The molecule has 1 saturated heterocycles. The average Bonchev–Trinajstić information content (AvgIpc) is 1.99. The van der Waals surface area contributed by atoms with Crippen LogP contribution in [0.3, 0.4) is 0 Å². The Bertz CT molecular complexity index is 350. The molecule has 0 bridgehead atoms. The van der Waals surface area contributed by atoms with E-state index in [1.54, 1.807) is 6.07 Å². The molecule has 1 aliphatic heterocycles. The van der Waals surface area contributed by atoms with Crippen LogP contribution in [0.2, 0.25) is 0 Å². The number of carbonyl (C=O) groups is 1. The number of hydrogen-bond donors (Lipinski definition) is 1. The molecule has 15 heavy (non-hydrogen) atoms. The van der Waals surface area contributed by atoms with Crippen LogP contribution in [-0.4, -0.2) is 12.5 Å². The summed E-state index contributed by atoms with van der Waals surface area (Å²) in [5, 5.41) is 3.30. The Morgan fingerprint density at radius 1 is 1.53 bits per heavy atom. The van der Waals surface area contributed by atoms with Gasteiger partial charge in [-0.05, 0) is 30.7 Å². The molecule has 0 aliphatic carbocycles. The molecule has 4 heteroatoms. The molecular formula is C11H14ClNO2. The summed E-state index contributed by atoms with van der Waals surface area (Å²) >= 11 is 0. The second kappa shape index (κ2) is 5.14. The van der Waals surface area contributed by atoms with Gasteiger partial charge >= 0.3 is 5.97 Å². The van der Waals surface area contributed by atoms with Gasteiger partial charge in [0.15, 0.2) is 0 Å². The minimum atomic E-state index is -0.274. The number of rotatable bonds is 2. The monoisotopic (exact) mass is 227 g/mol. The van der Waals surface area contributed by atoms with Crippen LogP contribution in [0.25, 0.3) is 0 Å². The molecule has 0 amide bonds. The van der Waals surface area contributed by atoms with Crippen LogP contribution < -0.4 is 10.1 Å². The molecule has 1 aromatic carbocycles. The highest BCUT2D eigenvalue weighted by Gasteiger charge is 2.18. The molecule has 0 spiro atoms. The molecule has 1 fully saturated rings. The summed E-state index contributed by atoms with van der Waals surface area (Å²) in [5.41, 5.74) is 1.19. The molecule has 82 valence electrons. The van der Waals surface area contributed by atoms with Gasteiger partial charge in [0.1, 0.15) is 5.75 Å². The summed E-state index contributed by atoms with van der Waals surface area (Å²) in [6, 6.07) is 8.10. The van der Waals surface area contributed by atoms with E-state index in [2.05, 4.69) is 5.32 Å². The summed E-state index contributed by atoms with van der Waals surface area (Å²) in [4.78, 5) is 10.7. The van der Waals surface area contributed by atoms with Gasteiger partial charge in [0, 0.05) is 13.0 Å². The van der Waals surface area contributed by atoms with E-state index in [1.165, 1.54) is 12.5 Å². The van der Waals surface area contributed by atoms with Gasteiger partial charge in [-0.25, -0.2) is 0 Å². The lowest BCUT2D eigenvalue weighted by Gasteiger charge is -2.28. The molecular weight excluding hydrogens is 214 g/mol. The first kappa shape index (κ1) is 12.0. The molecule has 1 aliphatic rings. The van der Waals surface area contributed by atoms with Gasteiger partial charge in [0.2, 0.25) is 0 Å². The van der Waals surface area contributed by atoms with Crippen LogP contribution in [0.4, 0.5) is 0 Å². The van der Waals surface area contributed by atoms with E-state index < -0.39 is 0 Å². The molecule has 0 saturated carbocycles. The van der Waals surface area contributed by atoms with Crippen molar-refractivity contribution in [2.75, 3.05) is 6.54 Å². The normalized spacial score (nSPS) is 18.6. The van der Waals surface area contributed by atoms with E-state index in [0.29, 0.717) is 11.8 Å². The maximum absolute atomic E-state index is 10.7. The predicted octanol–water partition coefficient (Wildman–Crippen LogP) is 2.07. The predicted molar refractivity (Wildman–Crippen MR) is 60.4 cm³/mol. The van der Waals surface area contributed by atoms with E-state index in [4.69, 9.17) is 4.74 Å². The summed E-state index contributed by atoms with van der Waals surface area (Å²) < 4.78 is 5.01. The SMILES string of the molecule is CC(=O)Oc1cccc([C@@H]2CCN2)c1.Cl. The van der Waals surface area contributed by atoms with Crippen molar-refractivity contribution >= 4 is 18.4 Å². The van der Waals surface area contributed by atoms with Crippen molar-refractivity contribution in [3.8, 4) is 5.75 Å². The van der Waals surface area contributed by atoms with Crippen molar-refractivity contribution < 1.29 is 9.53 Å². The number of hydrogen-bond acceptors (Lipinski definition) is 3. The first-order chi connectivity index (χ1) is 6.75. The molecule has 3 nitrogen and oxygen atoms in total. The Hall–Kier alpha value is -1.06. The summed E-state index contributed by atoms with van der Waals surface area (Å²) in [6.07, 6.45) is 1.16. The largest absolute Gasteiger partial charge is 0.427 e.